The van der Waals surface area contributed by atoms with E-state index in [-0.39, 0.29) is 0 Å². The number of fused-ring (bicyclic) bond motifs is 1. The lowest BCUT2D eigenvalue weighted by molar-refractivity contribution is 0.358. The van der Waals surface area contributed by atoms with Crippen LogP contribution in [0.15, 0.2) is 30.9 Å². The molecule has 0 unspecified atom stereocenters. The lowest BCUT2D eigenvalue weighted by atomic mass is 9.95. The van der Waals surface area contributed by atoms with Gasteiger partial charge in [0.1, 0.15) is 0 Å². The molecule has 0 atom stereocenters. The van der Waals surface area contributed by atoms with Crippen LogP contribution in [-0.4, -0.2) is 31.0 Å². The molecular weight excluding hydrogens is 326 g/mol. The Labute approximate surface area is 153 Å². The molecule has 1 fully saturated rings. The van der Waals surface area contributed by atoms with Gasteiger partial charge < -0.3 is 15.2 Å². The van der Waals surface area contributed by atoms with Gasteiger partial charge in [0.05, 0.1) is 6.33 Å². The maximum absolute atomic E-state index is 4.79. The molecule has 26 heavy (non-hydrogen) atoms. The van der Waals surface area contributed by atoms with Gasteiger partial charge in [0, 0.05) is 30.7 Å². The molecule has 0 radical (unpaired) electrons. The quantitative estimate of drug-likeness (QED) is 0.689. The monoisotopic (exact) mass is 351 g/mol. The number of imidazole rings is 1. The fourth-order valence-corrected chi connectivity index (χ4v) is 3.53. The minimum atomic E-state index is 0.483. The van der Waals surface area contributed by atoms with Crippen LogP contribution in [0.25, 0.3) is 11.2 Å². The molecule has 0 aliphatic heterocycles. The van der Waals surface area contributed by atoms with Gasteiger partial charge >= 0.3 is 0 Å². The highest BCUT2D eigenvalue weighted by Crippen LogP contribution is 2.32. The van der Waals surface area contributed by atoms with Crippen molar-refractivity contribution in [2.24, 2.45) is 0 Å². The Balaban J connectivity index is 1.73. The molecule has 3 heterocycles. The molecule has 1 aliphatic rings. The summed E-state index contributed by atoms with van der Waals surface area (Å²) in [5, 5.41) is 6.69. The number of nitrogens with zero attached hydrogens (tertiary/aromatic N) is 5. The van der Waals surface area contributed by atoms with E-state index in [1.165, 1.54) is 32.1 Å². The first-order valence-electron chi connectivity index (χ1n) is 9.50. The molecule has 0 aromatic carbocycles. The molecule has 0 spiro atoms. The van der Waals surface area contributed by atoms with Gasteiger partial charge in [-0.05, 0) is 31.4 Å². The molecule has 0 saturated heterocycles. The molecular formula is C19H25N7. The van der Waals surface area contributed by atoms with Gasteiger partial charge in [0.25, 0.3) is 0 Å². The molecule has 1 saturated carbocycles. The summed E-state index contributed by atoms with van der Waals surface area (Å²) in [6.45, 7) is 3.00. The number of anilines is 3. The van der Waals surface area contributed by atoms with E-state index in [0.29, 0.717) is 12.0 Å². The summed E-state index contributed by atoms with van der Waals surface area (Å²) in [4.78, 5) is 18.1. The van der Waals surface area contributed by atoms with E-state index in [2.05, 4.69) is 37.1 Å². The van der Waals surface area contributed by atoms with E-state index >= 15 is 0 Å². The van der Waals surface area contributed by atoms with Gasteiger partial charge in [-0.2, -0.15) is 9.97 Å². The third kappa shape index (κ3) is 3.47. The minimum absolute atomic E-state index is 0.483. The van der Waals surface area contributed by atoms with Crippen LogP contribution >= 0.6 is 0 Å². The number of pyridine rings is 1. The van der Waals surface area contributed by atoms with Crippen LogP contribution in [0.1, 0.15) is 51.5 Å². The molecule has 136 valence electrons. The fraction of sp³-hybridized carbons (Fsp3) is 0.474. The summed E-state index contributed by atoms with van der Waals surface area (Å²) in [5.74, 6) is 1.38. The van der Waals surface area contributed by atoms with Crippen molar-refractivity contribution in [3.8, 4) is 0 Å². The maximum Gasteiger partial charge on any atom is 0.231 e. The Morgan fingerprint density at radius 3 is 2.69 bits per heavy atom. The largest absolute Gasteiger partial charge is 0.368 e. The second-order valence-electron chi connectivity index (χ2n) is 6.80. The molecule has 7 nitrogen and oxygen atoms in total. The fourth-order valence-electron chi connectivity index (χ4n) is 3.53. The Morgan fingerprint density at radius 2 is 1.92 bits per heavy atom. The Bertz CT molecular complexity index is 853. The van der Waals surface area contributed by atoms with Crippen molar-refractivity contribution in [1.82, 2.24) is 24.5 Å². The summed E-state index contributed by atoms with van der Waals surface area (Å²) >= 11 is 0. The van der Waals surface area contributed by atoms with Crippen LogP contribution in [0.4, 0.5) is 17.5 Å². The number of aromatic nitrogens is 5. The molecule has 3 aromatic rings. The molecule has 1 aliphatic carbocycles. The Hall–Kier alpha value is -2.70. The third-order valence-corrected chi connectivity index (χ3v) is 4.87. The van der Waals surface area contributed by atoms with E-state index in [9.17, 15) is 0 Å². The number of nitrogens with one attached hydrogen (secondary N) is 2. The highest BCUT2D eigenvalue weighted by molar-refractivity contribution is 5.84. The zero-order valence-electron chi connectivity index (χ0n) is 15.1. The molecule has 2 N–H and O–H groups in total. The summed E-state index contributed by atoms with van der Waals surface area (Å²) in [5.41, 5.74) is 2.68. The van der Waals surface area contributed by atoms with Crippen LogP contribution in [0.3, 0.4) is 0 Å². The summed E-state index contributed by atoms with van der Waals surface area (Å²) in [6, 6.07) is 4.30. The van der Waals surface area contributed by atoms with E-state index in [4.69, 9.17) is 4.98 Å². The van der Waals surface area contributed by atoms with Crippen molar-refractivity contribution in [2.45, 2.75) is 51.5 Å². The zero-order valence-corrected chi connectivity index (χ0v) is 15.1. The van der Waals surface area contributed by atoms with Crippen LogP contribution in [0.5, 0.6) is 0 Å². The lowest BCUT2D eigenvalue weighted by Crippen LogP contribution is -2.13. The van der Waals surface area contributed by atoms with Gasteiger partial charge in [-0.3, -0.25) is 4.98 Å². The molecule has 4 rings (SSSR count). The normalized spacial score (nSPS) is 15.3. The number of rotatable bonds is 6. The van der Waals surface area contributed by atoms with E-state index in [0.717, 1.165) is 35.6 Å². The topological polar surface area (TPSA) is 80.6 Å². The van der Waals surface area contributed by atoms with Crippen molar-refractivity contribution >= 4 is 28.6 Å². The highest BCUT2D eigenvalue weighted by atomic mass is 15.2. The zero-order chi connectivity index (χ0) is 17.8. The summed E-state index contributed by atoms with van der Waals surface area (Å²) in [6.07, 6.45) is 12.7. The molecule has 7 heteroatoms. The standard InChI is InChI=1S/C19H25N7/c1-2-10-21-17-16-18(26(13-22-16)15-6-4-3-5-7-15)25-19(24-17)23-14-8-11-20-12-9-14/h8-9,11-13,15H,2-7,10H2,1H3,(H2,20,21,23,24,25). The van der Waals surface area contributed by atoms with Crippen molar-refractivity contribution in [2.75, 3.05) is 17.2 Å². The summed E-state index contributed by atoms with van der Waals surface area (Å²) in [7, 11) is 0. The van der Waals surface area contributed by atoms with E-state index in [1.54, 1.807) is 12.4 Å². The number of hydrogen-bond donors (Lipinski definition) is 2. The maximum atomic E-state index is 4.79. The van der Waals surface area contributed by atoms with Gasteiger partial charge in [-0.15, -0.1) is 0 Å². The Morgan fingerprint density at radius 1 is 1.12 bits per heavy atom. The second kappa shape index (κ2) is 7.68. The summed E-state index contributed by atoms with van der Waals surface area (Å²) < 4.78 is 2.24. The van der Waals surface area contributed by atoms with Gasteiger partial charge in [-0.25, -0.2) is 4.98 Å². The van der Waals surface area contributed by atoms with Gasteiger partial charge in [0.2, 0.25) is 5.95 Å². The SMILES string of the molecule is CCCNc1nc(Nc2ccncc2)nc2c1ncn2C1CCCCC1. The molecule has 3 aromatic heterocycles. The highest BCUT2D eigenvalue weighted by Gasteiger charge is 2.20. The molecule has 0 amide bonds. The van der Waals surface area contributed by atoms with Crippen molar-refractivity contribution in [3.63, 3.8) is 0 Å². The number of hydrogen-bond acceptors (Lipinski definition) is 6. The average Bonchev–Trinajstić information content (AvgIpc) is 3.12. The van der Waals surface area contributed by atoms with E-state index < -0.39 is 0 Å². The third-order valence-electron chi connectivity index (χ3n) is 4.87. The first kappa shape index (κ1) is 16.8. The van der Waals surface area contributed by atoms with Crippen molar-refractivity contribution in [1.29, 1.82) is 0 Å². The predicted octanol–water partition coefficient (Wildman–Crippen LogP) is 4.29. The first-order valence-corrected chi connectivity index (χ1v) is 9.50. The lowest BCUT2D eigenvalue weighted by Gasteiger charge is -2.23. The van der Waals surface area contributed by atoms with Gasteiger partial charge in [0.15, 0.2) is 17.0 Å². The smallest absolute Gasteiger partial charge is 0.231 e. The van der Waals surface area contributed by atoms with Crippen molar-refractivity contribution in [3.05, 3.63) is 30.9 Å². The molecule has 0 bridgehead atoms. The second-order valence-corrected chi connectivity index (χ2v) is 6.80. The van der Waals surface area contributed by atoms with Crippen LogP contribution in [0, 0.1) is 0 Å². The van der Waals surface area contributed by atoms with Crippen LogP contribution < -0.4 is 10.6 Å². The predicted molar refractivity (Wildman–Crippen MR) is 104 cm³/mol. The first-order chi connectivity index (χ1) is 12.8. The Kier molecular flexibility index (Phi) is 4.95. The average molecular weight is 351 g/mol. The van der Waals surface area contributed by atoms with Crippen LogP contribution in [0.2, 0.25) is 0 Å². The van der Waals surface area contributed by atoms with E-state index in [1.807, 2.05) is 18.5 Å². The minimum Gasteiger partial charge on any atom is -0.368 e. The van der Waals surface area contributed by atoms with Crippen molar-refractivity contribution < 1.29 is 0 Å². The van der Waals surface area contributed by atoms with Gasteiger partial charge in [-0.1, -0.05) is 26.2 Å². The van der Waals surface area contributed by atoms with Crippen LogP contribution in [-0.2, 0) is 0 Å².